The van der Waals surface area contributed by atoms with E-state index in [4.69, 9.17) is 10.5 Å². The maximum absolute atomic E-state index is 5.59. The van der Waals surface area contributed by atoms with E-state index in [0.29, 0.717) is 6.54 Å². The molecule has 0 amide bonds. The molecule has 2 rings (SSSR count). The summed E-state index contributed by atoms with van der Waals surface area (Å²) >= 11 is 0. The van der Waals surface area contributed by atoms with Gasteiger partial charge in [0.25, 0.3) is 0 Å². The summed E-state index contributed by atoms with van der Waals surface area (Å²) in [4.78, 5) is 4.46. The van der Waals surface area contributed by atoms with Crippen LogP contribution in [0.2, 0.25) is 0 Å². The lowest BCUT2D eigenvalue weighted by Crippen LogP contribution is -1.97. The third kappa shape index (κ3) is 1.78. The van der Waals surface area contributed by atoms with Crippen LogP contribution < -0.4 is 10.5 Å². The molecule has 2 aromatic rings. The lowest BCUT2D eigenvalue weighted by molar-refractivity contribution is 0.419. The molecule has 0 bridgehead atoms. The molecule has 78 valence electrons. The normalized spacial score (nSPS) is 10.6. The molecule has 3 heteroatoms. The van der Waals surface area contributed by atoms with Crippen LogP contribution in [0.25, 0.3) is 10.9 Å². The Bertz CT molecular complexity index is 494. The highest BCUT2D eigenvalue weighted by Crippen LogP contribution is 2.25. The number of rotatable bonds is 2. The molecule has 0 saturated heterocycles. The second-order valence-electron chi connectivity index (χ2n) is 3.52. The van der Waals surface area contributed by atoms with E-state index in [1.54, 1.807) is 7.11 Å². The van der Waals surface area contributed by atoms with Crippen LogP contribution in [0, 0.1) is 6.92 Å². The molecule has 0 saturated carbocycles. The molecule has 3 nitrogen and oxygen atoms in total. The number of nitrogens with two attached hydrogens (primary N) is 1. The molecule has 0 aliphatic rings. The first-order valence-corrected chi connectivity index (χ1v) is 4.89. The number of aromatic nitrogens is 1. The van der Waals surface area contributed by atoms with Gasteiger partial charge in [0.15, 0.2) is 0 Å². The number of methoxy groups -OCH3 is 1. The van der Waals surface area contributed by atoms with Gasteiger partial charge in [0.2, 0.25) is 0 Å². The average molecular weight is 202 g/mol. The Morgan fingerprint density at radius 1 is 1.33 bits per heavy atom. The van der Waals surface area contributed by atoms with E-state index < -0.39 is 0 Å². The van der Waals surface area contributed by atoms with Crippen molar-refractivity contribution in [3.63, 3.8) is 0 Å². The van der Waals surface area contributed by atoms with E-state index in [1.807, 2.05) is 31.2 Å². The van der Waals surface area contributed by atoms with Gasteiger partial charge in [0.05, 0.1) is 12.6 Å². The summed E-state index contributed by atoms with van der Waals surface area (Å²) < 4.78 is 5.31. The van der Waals surface area contributed by atoms with E-state index in [9.17, 15) is 0 Å². The standard InChI is InChI=1S/C12H14N2O/c1-8-5-12(15-2)10-4-3-9(7-13)6-11(10)14-8/h3-6H,7,13H2,1-2H3. The first kappa shape index (κ1) is 9.93. The second kappa shape index (κ2) is 3.87. The van der Waals surface area contributed by atoms with Crippen LogP contribution in [0.1, 0.15) is 11.3 Å². The van der Waals surface area contributed by atoms with Gasteiger partial charge in [0.1, 0.15) is 5.75 Å². The molecular weight excluding hydrogens is 188 g/mol. The van der Waals surface area contributed by atoms with Crippen LogP contribution in [-0.2, 0) is 6.54 Å². The smallest absolute Gasteiger partial charge is 0.130 e. The van der Waals surface area contributed by atoms with Crippen LogP contribution >= 0.6 is 0 Å². The number of fused-ring (bicyclic) bond motifs is 1. The largest absolute Gasteiger partial charge is 0.496 e. The predicted octanol–water partition coefficient (Wildman–Crippen LogP) is 2.01. The summed E-state index contributed by atoms with van der Waals surface area (Å²) in [6, 6.07) is 7.94. The second-order valence-corrected chi connectivity index (χ2v) is 3.52. The number of pyridine rings is 1. The van der Waals surface area contributed by atoms with Crippen molar-refractivity contribution in [3.05, 3.63) is 35.5 Å². The molecule has 1 aromatic heterocycles. The zero-order valence-corrected chi connectivity index (χ0v) is 8.95. The Hall–Kier alpha value is -1.61. The first-order valence-electron chi connectivity index (χ1n) is 4.89. The molecule has 0 radical (unpaired) electrons. The zero-order valence-electron chi connectivity index (χ0n) is 8.95. The maximum Gasteiger partial charge on any atom is 0.130 e. The number of nitrogens with zero attached hydrogens (tertiary/aromatic N) is 1. The Kier molecular flexibility index (Phi) is 2.56. The molecule has 15 heavy (non-hydrogen) atoms. The molecule has 0 fully saturated rings. The first-order chi connectivity index (χ1) is 7.24. The van der Waals surface area contributed by atoms with Crippen LogP contribution in [0.15, 0.2) is 24.3 Å². The molecule has 2 N–H and O–H groups in total. The summed E-state index contributed by atoms with van der Waals surface area (Å²) in [5.41, 5.74) is 8.57. The third-order valence-electron chi connectivity index (χ3n) is 2.42. The summed E-state index contributed by atoms with van der Waals surface area (Å²) in [6.45, 7) is 2.49. The van der Waals surface area contributed by atoms with Gasteiger partial charge >= 0.3 is 0 Å². The molecule has 0 unspecified atom stereocenters. The monoisotopic (exact) mass is 202 g/mol. The summed E-state index contributed by atoms with van der Waals surface area (Å²) in [7, 11) is 1.67. The van der Waals surface area contributed by atoms with Crippen LogP contribution in [0.4, 0.5) is 0 Å². The Labute approximate surface area is 88.9 Å². The number of aryl methyl sites for hydroxylation is 1. The van der Waals surface area contributed by atoms with Crippen molar-refractivity contribution >= 4 is 10.9 Å². The fourth-order valence-corrected chi connectivity index (χ4v) is 1.66. The molecular formula is C12H14N2O. The van der Waals surface area contributed by atoms with Crippen molar-refractivity contribution in [2.24, 2.45) is 5.73 Å². The molecule has 0 spiro atoms. The van der Waals surface area contributed by atoms with Crippen molar-refractivity contribution < 1.29 is 4.74 Å². The van der Waals surface area contributed by atoms with Crippen LogP contribution in [0.3, 0.4) is 0 Å². The minimum Gasteiger partial charge on any atom is -0.496 e. The molecule has 1 aromatic carbocycles. The van der Waals surface area contributed by atoms with E-state index >= 15 is 0 Å². The molecule has 1 heterocycles. The lowest BCUT2D eigenvalue weighted by Gasteiger charge is -2.07. The van der Waals surface area contributed by atoms with E-state index in [-0.39, 0.29) is 0 Å². The van der Waals surface area contributed by atoms with Crippen molar-refractivity contribution in [2.45, 2.75) is 13.5 Å². The number of benzene rings is 1. The van der Waals surface area contributed by atoms with Gasteiger partial charge in [-0.2, -0.15) is 0 Å². The highest BCUT2D eigenvalue weighted by Gasteiger charge is 2.04. The molecule has 0 aliphatic carbocycles. The summed E-state index contributed by atoms with van der Waals surface area (Å²) in [5.74, 6) is 0.862. The van der Waals surface area contributed by atoms with E-state index in [1.165, 1.54) is 0 Å². The fraction of sp³-hybridized carbons (Fsp3) is 0.250. The van der Waals surface area contributed by atoms with Gasteiger partial charge in [-0.3, -0.25) is 4.98 Å². The molecule has 0 aliphatic heterocycles. The number of hydrogen-bond acceptors (Lipinski definition) is 3. The van der Waals surface area contributed by atoms with Crippen molar-refractivity contribution in [1.82, 2.24) is 4.98 Å². The Morgan fingerprint density at radius 3 is 2.80 bits per heavy atom. The lowest BCUT2D eigenvalue weighted by atomic mass is 10.1. The van der Waals surface area contributed by atoms with Gasteiger partial charge in [-0.25, -0.2) is 0 Å². The number of ether oxygens (including phenoxy) is 1. The minimum absolute atomic E-state index is 0.536. The van der Waals surface area contributed by atoms with E-state index in [0.717, 1.165) is 27.9 Å². The van der Waals surface area contributed by atoms with Gasteiger partial charge in [-0.1, -0.05) is 6.07 Å². The Balaban J connectivity index is 2.72. The van der Waals surface area contributed by atoms with Gasteiger partial charge in [0, 0.05) is 23.7 Å². The Morgan fingerprint density at radius 2 is 2.13 bits per heavy atom. The summed E-state index contributed by atoms with van der Waals surface area (Å²) in [5, 5.41) is 1.03. The highest BCUT2D eigenvalue weighted by atomic mass is 16.5. The number of hydrogen-bond donors (Lipinski definition) is 1. The summed E-state index contributed by atoms with van der Waals surface area (Å²) in [6.07, 6.45) is 0. The maximum atomic E-state index is 5.59. The van der Waals surface area contributed by atoms with Gasteiger partial charge < -0.3 is 10.5 Å². The van der Waals surface area contributed by atoms with Crippen LogP contribution in [-0.4, -0.2) is 12.1 Å². The highest BCUT2D eigenvalue weighted by molar-refractivity contribution is 5.85. The third-order valence-corrected chi connectivity index (χ3v) is 2.42. The average Bonchev–Trinajstić information content (AvgIpc) is 2.26. The van der Waals surface area contributed by atoms with Crippen molar-refractivity contribution in [2.75, 3.05) is 7.11 Å². The van der Waals surface area contributed by atoms with Crippen LogP contribution in [0.5, 0.6) is 5.75 Å². The zero-order chi connectivity index (χ0) is 10.8. The SMILES string of the molecule is COc1cc(C)nc2cc(CN)ccc12. The van der Waals surface area contributed by atoms with Gasteiger partial charge in [-0.15, -0.1) is 0 Å². The fourth-order valence-electron chi connectivity index (χ4n) is 1.66. The van der Waals surface area contributed by atoms with Crippen molar-refractivity contribution in [3.8, 4) is 5.75 Å². The van der Waals surface area contributed by atoms with Gasteiger partial charge in [-0.05, 0) is 24.6 Å². The predicted molar refractivity (Wildman–Crippen MR) is 60.9 cm³/mol. The topological polar surface area (TPSA) is 48.1 Å². The molecule has 0 atom stereocenters. The van der Waals surface area contributed by atoms with E-state index in [2.05, 4.69) is 4.98 Å². The quantitative estimate of drug-likeness (QED) is 0.810. The minimum atomic E-state index is 0.536. The van der Waals surface area contributed by atoms with Crippen molar-refractivity contribution in [1.29, 1.82) is 0 Å².